The van der Waals surface area contributed by atoms with Crippen LogP contribution in [-0.2, 0) is 5.41 Å². The van der Waals surface area contributed by atoms with Crippen LogP contribution in [0.1, 0.15) is 55.7 Å². The van der Waals surface area contributed by atoms with E-state index in [0.29, 0.717) is 11.7 Å². The third kappa shape index (κ3) is 3.79. The van der Waals surface area contributed by atoms with Crippen LogP contribution in [0, 0.1) is 0 Å². The number of carbonyl (C=O) groups is 1. The van der Waals surface area contributed by atoms with Crippen LogP contribution in [0.5, 0.6) is 0 Å². The summed E-state index contributed by atoms with van der Waals surface area (Å²) >= 11 is 0. The van der Waals surface area contributed by atoms with E-state index >= 15 is 0 Å². The summed E-state index contributed by atoms with van der Waals surface area (Å²) in [6.07, 6.45) is 1.45. The number of benzene rings is 1. The zero-order valence-corrected chi connectivity index (χ0v) is 14.7. The van der Waals surface area contributed by atoms with E-state index < -0.39 is 6.04 Å². The van der Waals surface area contributed by atoms with Crippen LogP contribution >= 0.6 is 0 Å². The van der Waals surface area contributed by atoms with Gasteiger partial charge in [-0.1, -0.05) is 50.2 Å². The minimum absolute atomic E-state index is 0.0889. The summed E-state index contributed by atoms with van der Waals surface area (Å²) in [5.74, 6) is 0.750. The van der Waals surface area contributed by atoms with Crippen LogP contribution in [0.2, 0.25) is 0 Å². The monoisotopic (exact) mass is 339 g/mol. The first-order valence-electron chi connectivity index (χ1n) is 8.13. The highest BCUT2D eigenvalue weighted by molar-refractivity contribution is 5.91. The highest BCUT2D eigenvalue weighted by atomic mass is 16.5. The Morgan fingerprint density at radius 1 is 1.16 bits per heavy atom. The predicted octanol–water partition coefficient (Wildman–Crippen LogP) is 4.12. The summed E-state index contributed by atoms with van der Waals surface area (Å²) in [6, 6.07) is 10.9. The van der Waals surface area contributed by atoms with Gasteiger partial charge in [-0.25, -0.2) is 0 Å². The summed E-state index contributed by atoms with van der Waals surface area (Å²) in [4.78, 5) is 16.4. The van der Waals surface area contributed by atoms with Gasteiger partial charge in [0.15, 0.2) is 5.76 Å². The Labute approximate surface area is 146 Å². The average Bonchev–Trinajstić information content (AvgIpc) is 3.26. The van der Waals surface area contributed by atoms with Crippen molar-refractivity contribution in [3.63, 3.8) is 0 Å². The maximum atomic E-state index is 12.0. The SMILES string of the molecule is C[C@@H](NC(=O)c1ccco1)c1nc(-c2ccc(C(C)(C)C)cc2)no1. The Morgan fingerprint density at radius 2 is 1.88 bits per heavy atom. The Hall–Kier alpha value is -2.89. The lowest BCUT2D eigenvalue weighted by atomic mass is 9.87. The number of carbonyl (C=O) groups excluding carboxylic acids is 1. The van der Waals surface area contributed by atoms with E-state index in [1.54, 1.807) is 19.1 Å². The lowest BCUT2D eigenvalue weighted by Gasteiger charge is -2.18. The van der Waals surface area contributed by atoms with Gasteiger partial charge in [0.2, 0.25) is 11.7 Å². The summed E-state index contributed by atoms with van der Waals surface area (Å²) in [5, 5.41) is 6.77. The van der Waals surface area contributed by atoms with Crippen molar-refractivity contribution in [3.05, 3.63) is 59.9 Å². The summed E-state index contributed by atoms with van der Waals surface area (Å²) in [6.45, 7) is 8.27. The minimum Gasteiger partial charge on any atom is -0.459 e. The lowest BCUT2D eigenvalue weighted by Crippen LogP contribution is -2.26. The molecule has 0 unspecified atom stereocenters. The molecule has 130 valence electrons. The number of amides is 1. The Balaban J connectivity index is 1.72. The fraction of sp³-hybridized carbons (Fsp3) is 0.316. The van der Waals surface area contributed by atoms with Crippen LogP contribution in [0.15, 0.2) is 51.6 Å². The van der Waals surface area contributed by atoms with Crippen molar-refractivity contribution < 1.29 is 13.7 Å². The van der Waals surface area contributed by atoms with E-state index in [4.69, 9.17) is 8.94 Å². The van der Waals surface area contributed by atoms with E-state index in [9.17, 15) is 4.79 Å². The molecule has 2 heterocycles. The molecule has 0 aliphatic carbocycles. The van der Waals surface area contributed by atoms with Crippen LogP contribution in [0.3, 0.4) is 0 Å². The van der Waals surface area contributed by atoms with E-state index in [2.05, 4.69) is 48.4 Å². The third-order valence-electron chi connectivity index (χ3n) is 3.91. The molecule has 1 atom stereocenters. The quantitative estimate of drug-likeness (QED) is 0.773. The highest BCUT2D eigenvalue weighted by Gasteiger charge is 2.20. The van der Waals surface area contributed by atoms with Gasteiger partial charge in [-0.2, -0.15) is 4.98 Å². The fourth-order valence-electron chi connectivity index (χ4n) is 2.38. The number of aromatic nitrogens is 2. The molecule has 1 N–H and O–H groups in total. The lowest BCUT2D eigenvalue weighted by molar-refractivity contribution is 0.0904. The number of hydrogen-bond acceptors (Lipinski definition) is 5. The minimum atomic E-state index is -0.423. The van der Waals surface area contributed by atoms with E-state index in [0.717, 1.165) is 5.56 Å². The molecule has 1 amide bonds. The second-order valence-electron chi connectivity index (χ2n) is 6.96. The summed E-state index contributed by atoms with van der Waals surface area (Å²) in [5.41, 5.74) is 2.19. The van der Waals surface area contributed by atoms with Gasteiger partial charge in [-0.15, -0.1) is 0 Å². The van der Waals surface area contributed by atoms with Crippen molar-refractivity contribution >= 4 is 5.91 Å². The zero-order chi connectivity index (χ0) is 18.0. The van der Waals surface area contributed by atoms with E-state index in [1.807, 2.05) is 12.1 Å². The number of nitrogens with zero attached hydrogens (tertiary/aromatic N) is 2. The van der Waals surface area contributed by atoms with Gasteiger partial charge in [0.25, 0.3) is 5.91 Å². The molecule has 1 aromatic carbocycles. The molecule has 3 rings (SSSR count). The molecule has 0 aliphatic heterocycles. The van der Waals surface area contributed by atoms with Gasteiger partial charge in [0, 0.05) is 5.56 Å². The standard InChI is InChI=1S/C19H21N3O3/c1-12(20-17(23)15-6-5-11-24-15)18-21-16(22-25-18)13-7-9-14(10-8-13)19(2,3)4/h5-12H,1-4H3,(H,20,23)/t12-/m1/s1. The first-order valence-corrected chi connectivity index (χ1v) is 8.13. The average molecular weight is 339 g/mol. The largest absolute Gasteiger partial charge is 0.459 e. The van der Waals surface area contributed by atoms with Gasteiger partial charge >= 0.3 is 0 Å². The molecule has 0 bridgehead atoms. The second-order valence-corrected chi connectivity index (χ2v) is 6.96. The maximum absolute atomic E-state index is 12.0. The van der Waals surface area contributed by atoms with Crippen LogP contribution in [0.25, 0.3) is 11.4 Å². The molecule has 25 heavy (non-hydrogen) atoms. The van der Waals surface area contributed by atoms with E-state index in [-0.39, 0.29) is 17.1 Å². The number of hydrogen-bond donors (Lipinski definition) is 1. The summed E-state index contributed by atoms with van der Waals surface area (Å²) in [7, 11) is 0. The van der Waals surface area contributed by atoms with Crippen LogP contribution in [-0.4, -0.2) is 16.0 Å². The third-order valence-corrected chi connectivity index (χ3v) is 3.91. The molecular weight excluding hydrogens is 318 g/mol. The van der Waals surface area contributed by atoms with Crippen molar-refractivity contribution in [2.24, 2.45) is 0 Å². The molecule has 0 fully saturated rings. The van der Waals surface area contributed by atoms with Crippen LogP contribution < -0.4 is 5.32 Å². The molecule has 0 saturated heterocycles. The molecule has 0 saturated carbocycles. The van der Waals surface area contributed by atoms with Crippen molar-refractivity contribution in [2.45, 2.75) is 39.2 Å². The Bertz CT molecular complexity index is 843. The van der Waals surface area contributed by atoms with Gasteiger partial charge in [-0.05, 0) is 30.0 Å². The number of rotatable bonds is 4. The molecule has 6 nitrogen and oxygen atoms in total. The van der Waals surface area contributed by atoms with Gasteiger partial charge in [-0.3, -0.25) is 4.79 Å². The fourth-order valence-corrected chi connectivity index (χ4v) is 2.38. The van der Waals surface area contributed by atoms with Gasteiger partial charge < -0.3 is 14.3 Å². The first kappa shape index (κ1) is 17.0. The Morgan fingerprint density at radius 3 is 2.48 bits per heavy atom. The molecule has 0 spiro atoms. The van der Waals surface area contributed by atoms with Crippen molar-refractivity contribution in [2.75, 3.05) is 0 Å². The normalized spacial score (nSPS) is 12.8. The maximum Gasteiger partial charge on any atom is 0.287 e. The molecule has 6 heteroatoms. The molecule has 2 aromatic heterocycles. The molecule has 3 aromatic rings. The molecule has 0 aliphatic rings. The second kappa shape index (κ2) is 6.55. The topological polar surface area (TPSA) is 81.2 Å². The highest BCUT2D eigenvalue weighted by Crippen LogP contribution is 2.25. The van der Waals surface area contributed by atoms with Gasteiger partial charge in [0.1, 0.15) is 6.04 Å². The van der Waals surface area contributed by atoms with E-state index in [1.165, 1.54) is 11.8 Å². The zero-order valence-electron chi connectivity index (χ0n) is 14.7. The van der Waals surface area contributed by atoms with Gasteiger partial charge in [0.05, 0.1) is 6.26 Å². The van der Waals surface area contributed by atoms with Crippen molar-refractivity contribution in [3.8, 4) is 11.4 Å². The first-order chi connectivity index (χ1) is 11.8. The molecular formula is C19H21N3O3. The summed E-state index contributed by atoms with van der Waals surface area (Å²) < 4.78 is 10.4. The number of nitrogens with one attached hydrogen (secondary N) is 1. The predicted molar refractivity (Wildman–Crippen MR) is 93.0 cm³/mol. The number of furan rings is 1. The smallest absolute Gasteiger partial charge is 0.287 e. The van der Waals surface area contributed by atoms with Crippen molar-refractivity contribution in [1.29, 1.82) is 0 Å². The van der Waals surface area contributed by atoms with Crippen molar-refractivity contribution in [1.82, 2.24) is 15.5 Å². The Kier molecular flexibility index (Phi) is 4.44. The molecule has 0 radical (unpaired) electrons. The van der Waals surface area contributed by atoms with Crippen LogP contribution in [0.4, 0.5) is 0 Å².